The maximum Gasteiger partial charge on any atom is 0.279 e. The highest BCUT2D eigenvalue weighted by molar-refractivity contribution is 6.00. The number of anilines is 1. The SMILES string of the molecule is O=C(C[NH+]1CCOCC1)Nc1cccc2cccnc12. The molecule has 0 aliphatic carbocycles. The van der Waals surface area contributed by atoms with Crippen molar-refractivity contribution >= 4 is 22.5 Å². The highest BCUT2D eigenvalue weighted by Gasteiger charge is 2.18. The molecule has 1 fully saturated rings. The third kappa shape index (κ3) is 2.95. The van der Waals surface area contributed by atoms with E-state index < -0.39 is 0 Å². The van der Waals surface area contributed by atoms with Gasteiger partial charge in [-0.3, -0.25) is 9.78 Å². The summed E-state index contributed by atoms with van der Waals surface area (Å²) >= 11 is 0. The molecule has 1 saturated heterocycles. The molecular weight excluding hydrogens is 254 g/mol. The number of carbonyl (C=O) groups excluding carboxylic acids is 1. The van der Waals surface area contributed by atoms with E-state index in [2.05, 4.69) is 10.3 Å². The molecule has 0 spiro atoms. The summed E-state index contributed by atoms with van der Waals surface area (Å²) in [6.45, 7) is 3.73. The van der Waals surface area contributed by atoms with Gasteiger partial charge in [0.05, 0.1) is 24.4 Å². The van der Waals surface area contributed by atoms with Crippen LogP contribution in [0.4, 0.5) is 5.69 Å². The Labute approximate surface area is 117 Å². The minimum absolute atomic E-state index is 0.0278. The molecule has 0 unspecified atom stereocenters. The molecule has 0 bridgehead atoms. The topological polar surface area (TPSA) is 55.7 Å². The van der Waals surface area contributed by atoms with E-state index in [0.717, 1.165) is 42.9 Å². The van der Waals surface area contributed by atoms with Crippen molar-refractivity contribution in [2.24, 2.45) is 0 Å². The summed E-state index contributed by atoms with van der Waals surface area (Å²) in [6, 6.07) is 9.70. The molecule has 1 amide bonds. The zero-order valence-electron chi connectivity index (χ0n) is 11.3. The lowest BCUT2D eigenvalue weighted by atomic mass is 10.2. The number of nitrogens with one attached hydrogen (secondary N) is 2. The minimum atomic E-state index is 0.0278. The first-order valence-corrected chi connectivity index (χ1v) is 6.88. The van der Waals surface area contributed by atoms with Gasteiger partial charge in [0, 0.05) is 11.6 Å². The summed E-state index contributed by atoms with van der Waals surface area (Å²) in [5, 5.41) is 4.00. The standard InChI is InChI=1S/C15H17N3O2/c19-14(11-18-7-9-20-10-8-18)17-13-5-1-3-12-4-2-6-16-15(12)13/h1-6H,7-11H2,(H,17,19)/p+1. The van der Waals surface area contributed by atoms with Gasteiger partial charge in [-0.05, 0) is 12.1 Å². The van der Waals surface area contributed by atoms with Gasteiger partial charge >= 0.3 is 0 Å². The second-order valence-corrected chi connectivity index (χ2v) is 4.97. The number of hydrogen-bond acceptors (Lipinski definition) is 3. The molecule has 5 nitrogen and oxygen atoms in total. The van der Waals surface area contributed by atoms with Gasteiger partial charge in [0.2, 0.25) is 0 Å². The second-order valence-electron chi connectivity index (χ2n) is 4.97. The first-order valence-electron chi connectivity index (χ1n) is 6.88. The number of para-hydroxylation sites is 1. The van der Waals surface area contributed by atoms with Crippen LogP contribution in [0.5, 0.6) is 0 Å². The number of fused-ring (bicyclic) bond motifs is 1. The average Bonchev–Trinajstić information content (AvgIpc) is 2.48. The number of aromatic nitrogens is 1. The number of quaternary nitrogens is 1. The molecule has 2 aromatic rings. The molecule has 1 aliphatic heterocycles. The number of ether oxygens (including phenoxy) is 1. The summed E-state index contributed by atoms with van der Waals surface area (Å²) in [5.41, 5.74) is 1.61. The Morgan fingerprint density at radius 3 is 2.90 bits per heavy atom. The van der Waals surface area contributed by atoms with Crippen molar-refractivity contribution in [2.45, 2.75) is 0 Å². The van der Waals surface area contributed by atoms with Gasteiger partial charge in [0.15, 0.2) is 6.54 Å². The number of carbonyl (C=O) groups is 1. The predicted molar refractivity (Wildman–Crippen MR) is 76.8 cm³/mol. The Balaban J connectivity index is 1.71. The van der Waals surface area contributed by atoms with Crippen LogP contribution in [0.2, 0.25) is 0 Å². The van der Waals surface area contributed by atoms with Gasteiger partial charge in [0.25, 0.3) is 5.91 Å². The van der Waals surface area contributed by atoms with E-state index in [1.165, 1.54) is 4.90 Å². The number of benzene rings is 1. The van der Waals surface area contributed by atoms with Crippen LogP contribution >= 0.6 is 0 Å². The van der Waals surface area contributed by atoms with Gasteiger partial charge in [-0.15, -0.1) is 0 Å². The predicted octanol–water partition coefficient (Wildman–Crippen LogP) is 0.0884. The summed E-state index contributed by atoms with van der Waals surface area (Å²) in [4.78, 5) is 17.7. The van der Waals surface area contributed by atoms with E-state index in [1.54, 1.807) is 6.20 Å². The van der Waals surface area contributed by atoms with Crippen molar-refractivity contribution in [2.75, 3.05) is 38.2 Å². The van der Waals surface area contributed by atoms with Gasteiger partial charge < -0.3 is 15.0 Å². The molecule has 20 heavy (non-hydrogen) atoms. The highest BCUT2D eigenvalue weighted by Crippen LogP contribution is 2.20. The number of hydrogen-bond donors (Lipinski definition) is 2. The Kier molecular flexibility index (Phi) is 3.90. The van der Waals surface area contributed by atoms with Crippen molar-refractivity contribution in [1.82, 2.24) is 4.98 Å². The van der Waals surface area contributed by atoms with Crippen LogP contribution in [0.1, 0.15) is 0 Å². The zero-order chi connectivity index (χ0) is 13.8. The lowest BCUT2D eigenvalue weighted by Crippen LogP contribution is -3.15. The van der Waals surface area contributed by atoms with E-state index in [4.69, 9.17) is 4.74 Å². The molecule has 2 heterocycles. The molecule has 1 aromatic carbocycles. The molecule has 5 heteroatoms. The van der Waals surface area contributed by atoms with Crippen molar-refractivity contribution < 1.29 is 14.4 Å². The smallest absolute Gasteiger partial charge is 0.279 e. The molecule has 104 valence electrons. The van der Waals surface area contributed by atoms with Crippen molar-refractivity contribution in [3.05, 3.63) is 36.5 Å². The van der Waals surface area contributed by atoms with E-state index in [-0.39, 0.29) is 5.91 Å². The van der Waals surface area contributed by atoms with Crippen LogP contribution in [-0.4, -0.2) is 43.7 Å². The lowest BCUT2D eigenvalue weighted by Gasteiger charge is -2.23. The molecule has 0 atom stereocenters. The lowest BCUT2D eigenvalue weighted by molar-refractivity contribution is -0.899. The molecule has 2 N–H and O–H groups in total. The molecular formula is C15H18N3O2+. The van der Waals surface area contributed by atoms with Crippen LogP contribution in [0, 0.1) is 0 Å². The fourth-order valence-electron chi connectivity index (χ4n) is 2.46. The minimum Gasteiger partial charge on any atom is -0.370 e. The first kappa shape index (κ1) is 13.0. The van der Waals surface area contributed by atoms with Crippen LogP contribution in [-0.2, 0) is 9.53 Å². The molecule has 1 aromatic heterocycles. The maximum absolute atomic E-state index is 12.1. The molecule has 1 aliphatic rings. The Morgan fingerprint density at radius 1 is 1.25 bits per heavy atom. The van der Waals surface area contributed by atoms with Gasteiger partial charge in [-0.25, -0.2) is 0 Å². The van der Waals surface area contributed by atoms with Gasteiger partial charge in [-0.2, -0.15) is 0 Å². The molecule has 0 saturated carbocycles. The van der Waals surface area contributed by atoms with Crippen LogP contribution < -0.4 is 10.2 Å². The number of rotatable bonds is 3. The van der Waals surface area contributed by atoms with Gasteiger partial charge in [-0.1, -0.05) is 18.2 Å². The maximum atomic E-state index is 12.1. The largest absolute Gasteiger partial charge is 0.370 e. The number of pyridine rings is 1. The third-order valence-corrected chi connectivity index (χ3v) is 3.52. The quantitative estimate of drug-likeness (QED) is 0.832. The highest BCUT2D eigenvalue weighted by atomic mass is 16.5. The first-order chi connectivity index (χ1) is 9.83. The fraction of sp³-hybridized carbons (Fsp3) is 0.333. The van der Waals surface area contributed by atoms with Gasteiger partial charge in [0.1, 0.15) is 13.1 Å². The van der Waals surface area contributed by atoms with Crippen LogP contribution in [0.15, 0.2) is 36.5 Å². The van der Waals surface area contributed by atoms with Crippen LogP contribution in [0.3, 0.4) is 0 Å². The van der Waals surface area contributed by atoms with Crippen LogP contribution in [0.25, 0.3) is 10.9 Å². The normalized spacial score (nSPS) is 16.2. The summed E-state index contributed by atoms with van der Waals surface area (Å²) in [5.74, 6) is 0.0278. The number of nitrogens with zero attached hydrogens (tertiary/aromatic N) is 1. The molecule has 3 rings (SSSR count). The summed E-state index contributed by atoms with van der Waals surface area (Å²) in [7, 11) is 0. The van der Waals surface area contributed by atoms with Crippen molar-refractivity contribution in [1.29, 1.82) is 0 Å². The molecule has 0 radical (unpaired) electrons. The second kappa shape index (κ2) is 5.98. The van der Waals surface area contributed by atoms with E-state index in [0.29, 0.717) is 6.54 Å². The zero-order valence-corrected chi connectivity index (χ0v) is 11.3. The number of amides is 1. The fourth-order valence-corrected chi connectivity index (χ4v) is 2.46. The van der Waals surface area contributed by atoms with Crippen molar-refractivity contribution in [3.63, 3.8) is 0 Å². The Morgan fingerprint density at radius 2 is 2.05 bits per heavy atom. The summed E-state index contributed by atoms with van der Waals surface area (Å²) in [6.07, 6.45) is 1.74. The third-order valence-electron chi connectivity index (χ3n) is 3.52. The van der Waals surface area contributed by atoms with E-state index in [9.17, 15) is 4.79 Å². The average molecular weight is 272 g/mol. The van der Waals surface area contributed by atoms with E-state index >= 15 is 0 Å². The Bertz CT molecular complexity index is 604. The summed E-state index contributed by atoms with van der Waals surface area (Å²) < 4.78 is 5.29. The number of morpholine rings is 1. The van der Waals surface area contributed by atoms with Crippen molar-refractivity contribution in [3.8, 4) is 0 Å². The Hall–Kier alpha value is -1.98. The van der Waals surface area contributed by atoms with E-state index in [1.807, 2.05) is 30.3 Å². The monoisotopic (exact) mass is 272 g/mol.